The minimum absolute atomic E-state index is 0.600. The van der Waals surface area contributed by atoms with Gasteiger partial charge in [0.15, 0.2) is 0 Å². The predicted molar refractivity (Wildman–Crippen MR) is 78.1 cm³/mol. The van der Waals surface area contributed by atoms with Crippen LogP contribution in [-0.2, 0) is 6.54 Å². The molecule has 0 fully saturated rings. The van der Waals surface area contributed by atoms with Crippen LogP contribution in [0.5, 0.6) is 5.75 Å². The van der Waals surface area contributed by atoms with E-state index in [9.17, 15) is 0 Å². The van der Waals surface area contributed by atoms with E-state index < -0.39 is 0 Å². The molecule has 1 aromatic rings. The molecule has 1 atom stereocenters. The van der Waals surface area contributed by atoms with Crippen LogP contribution in [0.15, 0.2) is 24.3 Å². The Morgan fingerprint density at radius 3 is 2.44 bits per heavy atom. The van der Waals surface area contributed by atoms with Gasteiger partial charge in [0.25, 0.3) is 0 Å². The van der Waals surface area contributed by atoms with Crippen LogP contribution in [-0.4, -0.2) is 12.6 Å². The van der Waals surface area contributed by atoms with Crippen molar-refractivity contribution < 1.29 is 4.74 Å². The second-order valence-corrected chi connectivity index (χ2v) is 4.85. The zero-order valence-electron chi connectivity index (χ0n) is 12.0. The van der Waals surface area contributed by atoms with E-state index in [1.807, 2.05) is 19.1 Å². The third kappa shape index (κ3) is 6.06. The van der Waals surface area contributed by atoms with Crippen LogP contribution in [0.2, 0.25) is 0 Å². The highest BCUT2D eigenvalue weighted by Crippen LogP contribution is 2.12. The Morgan fingerprint density at radius 1 is 1.11 bits per heavy atom. The first kappa shape index (κ1) is 15.0. The van der Waals surface area contributed by atoms with E-state index in [4.69, 9.17) is 4.74 Å². The molecule has 18 heavy (non-hydrogen) atoms. The van der Waals surface area contributed by atoms with E-state index in [1.54, 1.807) is 0 Å². The zero-order valence-corrected chi connectivity index (χ0v) is 12.0. The maximum absolute atomic E-state index is 5.43. The number of benzene rings is 1. The van der Waals surface area contributed by atoms with Gasteiger partial charge in [-0.2, -0.15) is 0 Å². The largest absolute Gasteiger partial charge is 0.494 e. The van der Waals surface area contributed by atoms with Gasteiger partial charge in [0, 0.05) is 12.6 Å². The summed E-state index contributed by atoms with van der Waals surface area (Å²) < 4.78 is 5.43. The fourth-order valence-electron chi connectivity index (χ4n) is 1.96. The number of ether oxygens (including phenoxy) is 1. The molecule has 1 aromatic carbocycles. The van der Waals surface area contributed by atoms with Gasteiger partial charge in [-0.3, -0.25) is 0 Å². The van der Waals surface area contributed by atoms with Crippen molar-refractivity contribution in [3.63, 3.8) is 0 Å². The van der Waals surface area contributed by atoms with Crippen molar-refractivity contribution in [1.82, 2.24) is 5.32 Å². The molecule has 102 valence electrons. The molecule has 1 unspecified atom stereocenters. The van der Waals surface area contributed by atoms with E-state index in [2.05, 4.69) is 31.3 Å². The number of hydrogen-bond donors (Lipinski definition) is 1. The molecule has 0 aliphatic heterocycles. The molecule has 0 amide bonds. The SMILES string of the molecule is CCCCCC(C)NCc1ccc(OCC)cc1. The van der Waals surface area contributed by atoms with Crippen molar-refractivity contribution in [1.29, 1.82) is 0 Å². The smallest absolute Gasteiger partial charge is 0.119 e. The molecule has 0 radical (unpaired) electrons. The summed E-state index contributed by atoms with van der Waals surface area (Å²) in [6, 6.07) is 8.96. The summed E-state index contributed by atoms with van der Waals surface area (Å²) in [4.78, 5) is 0. The first-order valence-electron chi connectivity index (χ1n) is 7.21. The molecule has 0 aliphatic rings. The summed E-state index contributed by atoms with van der Waals surface area (Å²) in [5, 5.41) is 3.57. The van der Waals surface area contributed by atoms with E-state index in [0.717, 1.165) is 18.9 Å². The molecule has 1 N–H and O–H groups in total. The first-order chi connectivity index (χ1) is 8.76. The Bertz CT molecular complexity index is 307. The molecular formula is C16H27NO. The summed E-state index contributed by atoms with van der Waals surface area (Å²) in [5.74, 6) is 0.956. The Balaban J connectivity index is 2.25. The summed E-state index contributed by atoms with van der Waals surface area (Å²) in [7, 11) is 0. The summed E-state index contributed by atoms with van der Waals surface area (Å²) in [6.07, 6.45) is 5.24. The molecule has 0 saturated carbocycles. The van der Waals surface area contributed by atoms with Gasteiger partial charge in [-0.05, 0) is 38.0 Å². The zero-order chi connectivity index (χ0) is 13.2. The van der Waals surface area contributed by atoms with Crippen molar-refractivity contribution in [2.75, 3.05) is 6.61 Å². The number of rotatable bonds is 9. The minimum Gasteiger partial charge on any atom is -0.494 e. The lowest BCUT2D eigenvalue weighted by Gasteiger charge is -2.13. The molecule has 2 heteroatoms. The normalized spacial score (nSPS) is 12.4. The predicted octanol–water partition coefficient (Wildman–Crippen LogP) is 4.14. The summed E-state index contributed by atoms with van der Waals surface area (Å²) in [5.41, 5.74) is 1.32. The average Bonchev–Trinajstić information content (AvgIpc) is 2.39. The third-order valence-electron chi connectivity index (χ3n) is 3.13. The molecule has 0 aliphatic carbocycles. The van der Waals surface area contributed by atoms with E-state index in [1.165, 1.54) is 31.2 Å². The summed E-state index contributed by atoms with van der Waals surface area (Å²) >= 11 is 0. The second-order valence-electron chi connectivity index (χ2n) is 4.85. The standard InChI is InChI=1S/C16H27NO/c1-4-6-7-8-14(3)17-13-15-9-11-16(12-10-15)18-5-2/h9-12,14,17H,4-8,13H2,1-3H3. The quantitative estimate of drug-likeness (QED) is 0.664. The van der Waals surface area contributed by atoms with Crippen molar-refractivity contribution >= 4 is 0 Å². The van der Waals surface area contributed by atoms with Crippen LogP contribution in [0.4, 0.5) is 0 Å². The topological polar surface area (TPSA) is 21.3 Å². The summed E-state index contributed by atoms with van der Waals surface area (Å²) in [6.45, 7) is 8.20. The lowest BCUT2D eigenvalue weighted by Crippen LogP contribution is -2.25. The first-order valence-corrected chi connectivity index (χ1v) is 7.21. The maximum Gasteiger partial charge on any atom is 0.119 e. The maximum atomic E-state index is 5.43. The van der Waals surface area contributed by atoms with Crippen LogP contribution in [0.1, 0.15) is 52.0 Å². The second kappa shape index (κ2) is 8.98. The van der Waals surface area contributed by atoms with E-state index >= 15 is 0 Å². The minimum atomic E-state index is 0.600. The highest BCUT2D eigenvalue weighted by molar-refractivity contribution is 5.27. The van der Waals surface area contributed by atoms with Gasteiger partial charge in [0.2, 0.25) is 0 Å². The molecule has 0 saturated heterocycles. The fraction of sp³-hybridized carbons (Fsp3) is 0.625. The monoisotopic (exact) mass is 249 g/mol. The number of nitrogens with one attached hydrogen (secondary N) is 1. The molecule has 1 rings (SSSR count). The van der Waals surface area contributed by atoms with Crippen LogP contribution >= 0.6 is 0 Å². The molecular weight excluding hydrogens is 222 g/mol. The van der Waals surface area contributed by atoms with E-state index in [-0.39, 0.29) is 0 Å². The van der Waals surface area contributed by atoms with Gasteiger partial charge < -0.3 is 10.1 Å². The fourth-order valence-corrected chi connectivity index (χ4v) is 1.96. The molecule has 0 bridgehead atoms. The average molecular weight is 249 g/mol. The lowest BCUT2D eigenvalue weighted by atomic mass is 10.1. The molecule has 2 nitrogen and oxygen atoms in total. The Kier molecular flexibility index (Phi) is 7.51. The Labute approximate surface area is 112 Å². The van der Waals surface area contributed by atoms with Gasteiger partial charge in [-0.1, -0.05) is 38.3 Å². The molecule has 0 heterocycles. The van der Waals surface area contributed by atoms with Gasteiger partial charge >= 0.3 is 0 Å². The van der Waals surface area contributed by atoms with Gasteiger partial charge in [-0.25, -0.2) is 0 Å². The van der Waals surface area contributed by atoms with Crippen LogP contribution in [0.3, 0.4) is 0 Å². The Hall–Kier alpha value is -1.02. The van der Waals surface area contributed by atoms with Crippen molar-refractivity contribution in [3.8, 4) is 5.75 Å². The Morgan fingerprint density at radius 2 is 1.83 bits per heavy atom. The third-order valence-corrected chi connectivity index (χ3v) is 3.13. The van der Waals surface area contributed by atoms with Crippen molar-refractivity contribution in [2.45, 2.75) is 59.0 Å². The number of unbranched alkanes of at least 4 members (excludes halogenated alkanes) is 2. The highest BCUT2D eigenvalue weighted by Gasteiger charge is 2.01. The highest BCUT2D eigenvalue weighted by atomic mass is 16.5. The van der Waals surface area contributed by atoms with Crippen LogP contribution in [0, 0.1) is 0 Å². The molecule has 0 aromatic heterocycles. The number of hydrogen-bond acceptors (Lipinski definition) is 2. The van der Waals surface area contributed by atoms with Crippen molar-refractivity contribution in [2.24, 2.45) is 0 Å². The van der Waals surface area contributed by atoms with E-state index in [0.29, 0.717) is 6.04 Å². The van der Waals surface area contributed by atoms with Crippen LogP contribution < -0.4 is 10.1 Å². The lowest BCUT2D eigenvalue weighted by molar-refractivity contribution is 0.340. The van der Waals surface area contributed by atoms with Gasteiger partial charge in [0.05, 0.1) is 6.61 Å². The van der Waals surface area contributed by atoms with Gasteiger partial charge in [0.1, 0.15) is 5.75 Å². The van der Waals surface area contributed by atoms with Crippen LogP contribution in [0.25, 0.3) is 0 Å². The van der Waals surface area contributed by atoms with Crippen molar-refractivity contribution in [3.05, 3.63) is 29.8 Å². The van der Waals surface area contributed by atoms with Gasteiger partial charge in [-0.15, -0.1) is 0 Å². The molecule has 0 spiro atoms.